The molecule has 0 saturated heterocycles. The maximum Gasteiger partial charge on any atom is 0.224 e. The summed E-state index contributed by atoms with van der Waals surface area (Å²) in [5, 5.41) is 28.8. The fraction of sp³-hybridized carbons (Fsp3) is 0.577. The highest BCUT2D eigenvalue weighted by atomic mass is 32.2. The van der Waals surface area contributed by atoms with E-state index in [1.165, 1.54) is 12.8 Å². The number of hydrogen-bond acceptors (Lipinski definition) is 11. The maximum absolute atomic E-state index is 11.9. The molecule has 0 spiro atoms. The summed E-state index contributed by atoms with van der Waals surface area (Å²) in [5.74, 6) is 1.74. The van der Waals surface area contributed by atoms with E-state index in [-0.39, 0.29) is 12.2 Å². The molecule has 206 valence electrons. The van der Waals surface area contributed by atoms with Gasteiger partial charge in [-0.2, -0.15) is 4.98 Å². The highest BCUT2D eigenvalue weighted by Gasteiger charge is 2.43. The molecule has 2 saturated carbocycles. The van der Waals surface area contributed by atoms with Gasteiger partial charge in [0.2, 0.25) is 11.8 Å². The van der Waals surface area contributed by atoms with Crippen LogP contribution in [0.3, 0.4) is 0 Å². The van der Waals surface area contributed by atoms with E-state index in [0.29, 0.717) is 58.5 Å². The van der Waals surface area contributed by atoms with Crippen molar-refractivity contribution >= 4 is 32.6 Å². The van der Waals surface area contributed by atoms with Crippen molar-refractivity contribution in [2.45, 2.75) is 58.3 Å². The Bertz CT molecular complexity index is 1440. The summed E-state index contributed by atoms with van der Waals surface area (Å²) in [6, 6.07) is 3.09. The van der Waals surface area contributed by atoms with Crippen LogP contribution in [0.25, 0.3) is 22.3 Å². The van der Waals surface area contributed by atoms with Gasteiger partial charge in [0, 0.05) is 30.2 Å². The standard InChI is InChI=1S/C26H35N5O6S/c1-5-36-20-10-16-9-19(37-24(16)14(3)28-20)21-13(2)29-26(27-11-15-6-7-15)31-25(21)30-18-8-17(12-38(4,34)35)22(32)23(18)33/h9-10,15,17-18,22-23,32-33H,5-8,11-12H2,1-4H3,(H2,27,29,30,31). The molecule has 0 bridgehead atoms. The van der Waals surface area contributed by atoms with Crippen LogP contribution in [-0.4, -0.2) is 77.0 Å². The van der Waals surface area contributed by atoms with Crippen molar-refractivity contribution in [2.75, 3.05) is 35.8 Å². The molecule has 0 amide bonds. The quantitative estimate of drug-likeness (QED) is 0.297. The predicted molar refractivity (Wildman–Crippen MR) is 144 cm³/mol. The number of ether oxygens (including phenoxy) is 1. The monoisotopic (exact) mass is 545 g/mol. The van der Waals surface area contributed by atoms with Crippen molar-refractivity contribution < 1.29 is 27.8 Å². The molecule has 4 unspecified atom stereocenters. The minimum absolute atomic E-state index is 0.203. The van der Waals surface area contributed by atoms with E-state index in [9.17, 15) is 18.6 Å². The van der Waals surface area contributed by atoms with Crippen molar-refractivity contribution in [3.05, 3.63) is 23.5 Å². The zero-order chi connectivity index (χ0) is 27.2. The van der Waals surface area contributed by atoms with Crippen molar-refractivity contribution in [3.63, 3.8) is 0 Å². The number of furan rings is 1. The van der Waals surface area contributed by atoms with Crippen LogP contribution in [-0.2, 0) is 9.84 Å². The van der Waals surface area contributed by atoms with E-state index < -0.39 is 34.0 Å². The van der Waals surface area contributed by atoms with Gasteiger partial charge in [-0.25, -0.2) is 18.4 Å². The van der Waals surface area contributed by atoms with E-state index in [2.05, 4.69) is 20.6 Å². The number of aromatic nitrogens is 3. The lowest BCUT2D eigenvalue weighted by Gasteiger charge is -2.21. The number of rotatable bonds is 10. The van der Waals surface area contributed by atoms with Gasteiger partial charge in [-0.3, -0.25) is 0 Å². The third kappa shape index (κ3) is 5.71. The second-order valence-electron chi connectivity index (χ2n) is 10.5. The molecule has 3 aromatic rings. The number of nitrogens with one attached hydrogen (secondary N) is 2. The third-order valence-electron chi connectivity index (χ3n) is 7.16. The Balaban J connectivity index is 1.52. The molecule has 12 heteroatoms. The lowest BCUT2D eigenvalue weighted by atomic mass is 10.1. The number of fused-ring (bicyclic) bond motifs is 1. The first-order valence-corrected chi connectivity index (χ1v) is 15.1. The SMILES string of the molecule is CCOc1cc2cc(-c3c(C)nc(NCC4CC4)nc3NC3CC(CS(C)(=O)=O)C(O)C3O)oc2c(C)n1. The molecule has 11 nitrogen and oxygen atoms in total. The highest BCUT2D eigenvalue weighted by Crippen LogP contribution is 2.38. The minimum atomic E-state index is -3.33. The molecule has 5 rings (SSSR count). The maximum atomic E-state index is 11.9. The van der Waals surface area contributed by atoms with Gasteiger partial charge in [0.15, 0.2) is 5.58 Å². The molecule has 38 heavy (non-hydrogen) atoms. The molecule has 0 aromatic carbocycles. The van der Waals surface area contributed by atoms with Crippen molar-refractivity contribution in [3.8, 4) is 17.2 Å². The number of sulfone groups is 1. The number of aliphatic hydroxyl groups excluding tert-OH is 2. The van der Waals surface area contributed by atoms with E-state index in [0.717, 1.165) is 18.2 Å². The van der Waals surface area contributed by atoms with Crippen LogP contribution >= 0.6 is 0 Å². The van der Waals surface area contributed by atoms with Gasteiger partial charge in [-0.05, 0) is 52.0 Å². The summed E-state index contributed by atoms with van der Waals surface area (Å²) in [7, 11) is -3.33. The van der Waals surface area contributed by atoms with Gasteiger partial charge in [-0.1, -0.05) is 0 Å². The average Bonchev–Trinajstić information content (AvgIpc) is 3.51. The number of anilines is 2. The van der Waals surface area contributed by atoms with E-state index in [1.54, 1.807) is 0 Å². The van der Waals surface area contributed by atoms with E-state index in [1.807, 2.05) is 32.9 Å². The molecule has 0 aliphatic heterocycles. The predicted octanol–water partition coefficient (Wildman–Crippen LogP) is 2.69. The smallest absolute Gasteiger partial charge is 0.224 e. The first-order chi connectivity index (χ1) is 18.0. The molecular weight excluding hydrogens is 510 g/mol. The van der Waals surface area contributed by atoms with Gasteiger partial charge >= 0.3 is 0 Å². The second kappa shape index (κ2) is 10.3. The number of pyridine rings is 1. The molecule has 4 atom stereocenters. The number of nitrogens with zero attached hydrogens (tertiary/aromatic N) is 3. The van der Waals surface area contributed by atoms with Crippen molar-refractivity contribution in [2.24, 2.45) is 11.8 Å². The van der Waals surface area contributed by atoms with Gasteiger partial charge < -0.3 is 30.0 Å². The van der Waals surface area contributed by atoms with Crippen LogP contribution in [0.5, 0.6) is 5.88 Å². The number of aliphatic hydroxyl groups is 2. The number of aryl methyl sites for hydroxylation is 2. The summed E-state index contributed by atoms with van der Waals surface area (Å²) in [4.78, 5) is 13.9. The third-order valence-corrected chi connectivity index (χ3v) is 8.20. The Labute approximate surface area is 222 Å². The van der Waals surface area contributed by atoms with Crippen molar-refractivity contribution in [1.29, 1.82) is 0 Å². The molecule has 0 radical (unpaired) electrons. The molecule has 3 heterocycles. The molecule has 4 N–H and O–H groups in total. The fourth-order valence-corrected chi connectivity index (χ4v) is 6.24. The summed E-state index contributed by atoms with van der Waals surface area (Å²) in [5.41, 5.74) is 2.58. The lowest BCUT2D eigenvalue weighted by Crippen LogP contribution is -2.36. The van der Waals surface area contributed by atoms with Crippen molar-refractivity contribution in [1.82, 2.24) is 15.0 Å². The zero-order valence-electron chi connectivity index (χ0n) is 22.1. The summed E-state index contributed by atoms with van der Waals surface area (Å²) in [6.45, 7) is 6.88. The van der Waals surface area contributed by atoms with Gasteiger partial charge in [0.05, 0.1) is 41.5 Å². The molecule has 3 aromatic heterocycles. The minimum Gasteiger partial charge on any atom is -0.478 e. The van der Waals surface area contributed by atoms with Gasteiger partial charge in [0.1, 0.15) is 27.5 Å². The zero-order valence-corrected chi connectivity index (χ0v) is 22.9. The Hall–Kier alpha value is -2.96. The fourth-order valence-electron chi connectivity index (χ4n) is 5.13. The Morgan fingerprint density at radius 2 is 1.87 bits per heavy atom. The number of hydrogen-bond donors (Lipinski definition) is 4. The van der Waals surface area contributed by atoms with Gasteiger partial charge in [0.25, 0.3) is 0 Å². The molecule has 2 aliphatic rings. The van der Waals surface area contributed by atoms with Crippen LogP contribution in [0.4, 0.5) is 11.8 Å². The Kier molecular flexibility index (Phi) is 7.23. The lowest BCUT2D eigenvalue weighted by molar-refractivity contribution is 0.0216. The highest BCUT2D eigenvalue weighted by molar-refractivity contribution is 7.90. The van der Waals surface area contributed by atoms with Gasteiger partial charge in [-0.15, -0.1) is 0 Å². The Morgan fingerprint density at radius 1 is 1.11 bits per heavy atom. The van der Waals surface area contributed by atoms with E-state index in [4.69, 9.17) is 14.1 Å². The summed E-state index contributed by atoms with van der Waals surface area (Å²) >= 11 is 0. The second-order valence-corrected chi connectivity index (χ2v) is 12.7. The normalized spacial score (nSPS) is 23.6. The average molecular weight is 546 g/mol. The van der Waals surface area contributed by atoms with Crippen LogP contribution in [0, 0.1) is 25.7 Å². The summed E-state index contributed by atoms with van der Waals surface area (Å²) < 4.78 is 35.6. The first kappa shape index (κ1) is 26.6. The first-order valence-electron chi connectivity index (χ1n) is 13.0. The molecule has 2 aliphatic carbocycles. The van der Waals surface area contributed by atoms with Crippen LogP contribution in [0.15, 0.2) is 16.5 Å². The van der Waals surface area contributed by atoms with Crippen LogP contribution in [0.1, 0.15) is 37.6 Å². The van der Waals surface area contributed by atoms with Crippen LogP contribution in [0.2, 0.25) is 0 Å². The largest absolute Gasteiger partial charge is 0.478 e. The Morgan fingerprint density at radius 3 is 2.55 bits per heavy atom. The summed E-state index contributed by atoms with van der Waals surface area (Å²) in [6.07, 6.45) is 1.43. The van der Waals surface area contributed by atoms with Crippen LogP contribution < -0.4 is 15.4 Å². The molecule has 2 fully saturated rings. The topological polar surface area (TPSA) is 160 Å². The molecular formula is C26H35N5O6S. The van der Waals surface area contributed by atoms with E-state index >= 15 is 0 Å².